The van der Waals surface area contributed by atoms with Crippen molar-refractivity contribution in [2.24, 2.45) is 5.92 Å². The third-order valence-corrected chi connectivity index (χ3v) is 5.05. The predicted octanol–water partition coefficient (Wildman–Crippen LogP) is 2.32. The first-order chi connectivity index (χ1) is 13.0. The molecule has 3 atom stereocenters. The fourth-order valence-electron chi connectivity index (χ4n) is 3.62. The van der Waals surface area contributed by atoms with Crippen molar-refractivity contribution in [3.8, 4) is 0 Å². The zero-order chi connectivity index (χ0) is 19.0. The second-order valence-corrected chi connectivity index (χ2v) is 7.34. The number of aromatic nitrogens is 3. The lowest BCUT2D eigenvalue weighted by atomic mass is 10.1. The van der Waals surface area contributed by atoms with Crippen molar-refractivity contribution in [3.63, 3.8) is 0 Å². The SMILES string of the molecule is O=C(Cc1noc2ccc(F)cc12)N[C@@H]1CC(Cn2cc(Cl)cn2)C[C@H]1O. The highest BCUT2D eigenvalue weighted by Gasteiger charge is 2.34. The van der Waals surface area contributed by atoms with Crippen LogP contribution in [-0.4, -0.2) is 38.1 Å². The van der Waals surface area contributed by atoms with E-state index in [1.165, 1.54) is 18.2 Å². The zero-order valence-corrected chi connectivity index (χ0v) is 15.1. The van der Waals surface area contributed by atoms with Crippen molar-refractivity contribution in [1.82, 2.24) is 20.3 Å². The second kappa shape index (κ2) is 7.28. The van der Waals surface area contributed by atoms with Crippen LogP contribution in [0.15, 0.2) is 35.1 Å². The number of hydrogen-bond acceptors (Lipinski definition) is 5. The molecule has 1 fully saturated rings. The fourth-order valence-corrected chi connectivity index (χ4v) is 3.78. The maximum atomic E-state index is 13.4. The van der Waals surface area contributed by atoms with Crippen LogP contribution < -0.4 is 5.32 Å². The molecule has 1 aliphatic rings. The second-order valence-electron chi connectivity index (χ2n) is 6.91. The molecule has 7 nitrogen and oxygen atoms in total. The molecule has 27 heavy (non-hydrogen) atoms. The van der Waals surface area contributed by atoms with Gasteiger partial charge in [-0.15, -0.1) is 0 Å². The van der Waals surface area contributed by atoms with Gasteiger partial charge < -0.3 is 14.9 Å². The molecule has 2 aromatic heterocycles. The highest BCUT2D eigenvalue weighted by Crippen LogP contribution is 2.28. The van der Waals surface area contributed by atoms with Crippen LogP contribution in [0.2, 0.25) is 5.02 Å². The molecular weight excluding hydrogens is 375 g/mol. The van der Waals surface area contributed by atoms with Gasteiger partial charge >= 0.3 is 0 Å². The molecule has 0 aliphatic heterocycles. The Labute approximate surface area is 159 Å². The standard InChI is InChI=1S/C18H18ClFN4O3/c19-11-7-21-24(9-11)8-10-3-15(16(25)4-10)22-18(26)6-14-13-5-12(20)1-2-17(13)27-23-14/h1-2,5,7,9-10,15-16,25H,3-4,6,8H2,(H,22,26)/t10?,15-,16-/m1/s1. The Morgan fingerprint density at radius 1 is 1.44 bits per heavy atom. The Morgan fingerprint density at radius 3 is 3.07 bits per heavy atom. The van der Waals surface area contributed by atoms with Crippen LogP contribution >= 0.6 is 11.6 Å². The van der Waals surface area contributed by atoms with E-state index < -0.39 is 11.9 Å². The van der Waals surface area contributed by atoms with Crippen LogP contribution in [0.3, 0.4) is 0 Å². The summed E-state index contributed by atoms with van der Waals surface area (Å²) < 4.78 is 20.3. The van der Waals surface area contributed by atoms with Gasteiger partial charge in [-0.1, -0.05) is 16.8 Å². The van der Waals surface area contributed by atoms with Gasteiger partial charge in [-0.2, -0.15) is 5.10 Å². The number of aliphatic hydroxyl groups excluding tert-OH is 1. The van der Waals surface area contributed by atoms with Crippen molar-refractivity contribution in [3.05, 3.63) is 47.1 Å². The first-order valence-electron chi connectivity index (χ1n) is 8.67. The average Bonchev–Trinajstić information content (AvgIpc) is 3.29. The van der Waals surface area contributed by atoms with Crippen LogP contribution in [0.25, 0.3) is 11.0 Å². The number of carbonyl (C=O) groups is 1. The number of amides is 1. The van der Waals surface area contributed by atoms with E-state index in [9.17, 15) is 14.3 Å². The summed E-state index contributed by atoms with van der Waals surface area (Å²) in [6.07, 6.45) is 3.83. The Morgan fingerprint density at radius 2 is 2.30 bits per heavy atom. The van der Waals surface area contributed by atoms with Gasteiger partial charge in [0.25, 0.3) is 0 Å². The lowest BCUT2D eigenvalue weighted by Gasteiger charge is -2.16. The van der Waals surface area contributed by atoms with E-state index in [1.807, 2.05) is 0 Å². The summed E-state index contributed by atoms with van der Waals surface area (Å²) in [7, 11) is 0. The van der Waals surface area contributed by atoms with Crippen molar-refractivity contribution in [2.45, 2.75) is 38.0 Å². The maximum absolute atomic E-state index is 13.4. The van der Waals surface area contributed by atoms with Crippen molar-refractivity contribution < 1.29 is 18.8 Å². The number of carbonyl (C=O) groups excluding carboxylic acids is 1. The first-order valence-corrected chi connectivity index (χ1v) is 9.05. The van der Waals surface area contributed by atoms with Gasteiger partial charge in [0.05, 0.1) is 29.8 Å². The van der Waals surface area contributed by atoms with E-state index in [-0.39, 0.29) is 24.3 Å². The fraction of sp³-hybridized carbons (Fsp3) is 0.389. The summed E-state index contributed by atoms with van der Waals surface area (Å²) in [4.78, 5) is 12.4. The zero-order valence-electron chi connectivity index (χ0n) is 14.3. The number of nitrogens with one attached hydrogen (secondary N) is 1. The van der Waals surface area contributed by atoms with Crippen LogP contribution in [0.5, 0.6) is 0 Å². The minimum atomic E-state index is -0.628. The third-order valence-electron chi connectivity index (χ3n) is 4.85. The predicted molar refractivity (Wildman–Crippen MR) is 95.6 cm³/mol. The van der Waals surface area contributed by atoms with Gasteiger partial charge in [-0.25, -0.2) is 4.39 Å². The highest BCUT2D eigenvalue weighted by atomic mass is 35.5. The molecular formula is C18H18ClFN4O3. The molecule has 3 aromatic rings. The Balaban J connectivity index is 1.36. The Bertz CT molecular complexity index is 973. The molecule has 9 heteroatoms. The molecule has 2 N–H and O–H groups in total. The molecule has 1 saturated carbocycles. The van der Waals surface area contributed by atoms with E-state index in [0.29, 0.717) is 41.1 Å². The molecule has 0 radical (unpaired) electrons. The summed E-state index contributed by atoms with van der Waals surface area (Å²) in [6, 6.07) is 3.71. The van der Waals surface area contributed by atoms with Crippen molar-refractivity contribution in [1.29, 1.82) is 0 Å². The van der Waals surface area contributed by atoms with Gasteiger partial charge in [0, 0.05) is 18.1 Å². The smallest absolute Gasteiger partial charge is 0.226 e. The lowest BCUT2D eigenvalue weighted by molar-refractivity contribution is -0.121. The van der Waals surface area contributed by atoms with Crippen LogP contribution in [0, 0.1) is 11.7 Å². The number of aliphatic hydroxyl groups is 1. The van der Waals surface area contributed by atoms with Gasteiger partial charge in [0.1, 0.15) is 11.5 Å². The largest absolute Gasteiger partial charge is 0.391 e. The summed E-state index contributed by atoms with van der Waals surface area (Å²) in [5.41, 5.74) is 0.801. The maximum Gasteiger partial charge on any atom is 0.226 e. The highest BCUT2D eigenvalue weighted by molar-refractivity contribution is 6.30. The van der Waals surface area contributed by atoms with E-state index >= 15 is 0 Å². The summed E-state index contributed by atoms with van der Waals surface area (Å²) >= 11 is 5.86. The normalized spacial score (nSPS) is 22.4. The van der Waals surface area contributed by atoms with E-state index in [2.05, 4.69) is 15.6 Å². The van der Waals surface area contributed by atoms with Gasteiger partial charge in [-0.05, 0) is 37.0 Å². The summed E-state index contributed by atoms with van der Waals surface area (Å²) in [5, 5.41) is 22.2. The van der Waals surface area contributed by atoms with Crippen molar-refractivity contribution in [2.75, 3.05) is 0 Å². The number of fused-ring (bicyclic) bond motifs is 1. The Kier molecular flexibility index (Phi) is 4.84. The molecule has 2 heterocycles. The van der Waals surface area contributed by atoms with Gasteiger partial charge in [-0.3, -0.25) is 9.48 Å². The molecule has 1 amide bonds. The first kappa shape index (κ1) is 17.9. The number of nitrogens with zero attached hydrogens (tertiary/aromatic N) is 3. The van der Waals surface area contributed by atoms with Crippen LogP contribution in [0.1, 0.15) is 18.5 Å². The molecule has 0 bridgehead atoms. The number of hydrogen-bond donors (Lipinski definition) is 2. The molecule has 1 aromatic carbocycles. The molecule has 0 saturated heterocycles. The molecule has 0 spiro atoms. The third kappa shape index (κ3) is 3.96. The van der Waals surface area contributed by atoms with E-state index in [4.69, 9.17) is 16.1 Å². The quantitative estimate of drug-likeness (QED) is 0.695. The summed E-state index contributed by atoms with van der Waals surface area (Å²) in [6.45, 7) is 0.628. The van der Waals surface area contributed by atoms with Crippen molar-refractivity contribution >= 4 is 28.5 Å². The number of benzene rings is 1. The van der Waals surface area contributed by atoms with Gasteiger partial charge in [0.15, 0.2) is 5.58 Å². The minimum Gasteiger partial charge on any atom is -0.391 e. The van der Waals surface area contributed by atoms with Crippen LogP contribution in [-0.2, 0) is 17.8 Å². The molecule has 142 valence electrons. The topological polar surface area (TPSA) is 93.2 Å². The van der Waals surface area contributed by atoms with Crippen LogP contribution in [0.4, 0.5) is 4.39 Å². The number of halogens is 2. The number of rotatable bonds is 5. The lowest BCUT2D eigenvalue weighted by Crippen LogP contribution is -2.40. The Hall–Kier alpha value is -2.45. The van der Waals surface area contributed by atoms with E-state index in [1.54, 1.807) is 17.1 Å². The van der Waals surface area contributed by atoms with E-state index in [0.717, 1.165) is 0 Å². The molecule has 4 rings (SSSR count). The minimum absolute atomic E-state index is 0.0426. The monoisotopic (exact) mass is 392 g/mol. The summed E-state index contributed by atoms with van der Waals surface area (Å²) in [5.74, 6) is -0.523. The molecule has 1 aliphatic carbocycles. The average molecular weight is 393 g/mol. The molecule has 1 unspecified atom stereocenters. The van der Waals surface area contributed by atoms with Gasteiger partial charge in [0.2, 0.25) is 5.91 Å².